The van der Waals surface area contributed by atoms with Gasteiger partial charge in [0.15, 0.2) is 0 Å². The zero-order chi connectivity index (χ0) is 12.3. The van der Waals surface area contributed by atoms with Crippen LogP contribution in [0.5, 0.6) is 5.75 Å². The minimum Gasteiger partial charge on any atom is -0.507 e. The SMILES string of the molecule is C/C(=N\NC(N)=O)c1c(O)cc(C)oc1=O. The van der Waals surface area contributed by atoms with Gasteiger partial charge in [0.2, 0.25) is 0 Å². The summed E-state index contributed by atoms with van der Waals surface area (Å²) in [5, 5.41) is 13.0. The maximum atomic E-state index is 11.4. The molecule has 0 bridgehead atoms. The number of primary amides is 1. The number of nitrogens with one attached hydrogen (secondary N) is 1. The molecule has 7 nitrogen and oxygen atoms in total. The lowest BCUT2D eigenvalue weighted by Gasteiger charge is -2.02. The number of carbonyl (C=O) groups is 1. The molecule has 0 unspecified atom stereocenters. The van der Waals surface area contributed by atoms with E-state index in [1.165, 1.54) is 19.9 Å². The molecule has 0 saturated heterocycles. The van der Waals surface area contributed by atoms with Crippen molar-refractivity contribution < 1.29 is 14.3 Å². The molecule has 2 amide bonds. The average Bonchev–Trinajstić information content (AvgIpc) is 2.12. The zero-order valence-electron chi connectivity index (χ0n) is 8.77. The largest absolute Gasteiger partial charge is 0.507 e. The molecule has 0 spiro atoms. The molecule has 0 atom stereocenters. The third kappa shape index (κ3) is 2.59. The molecule has 0 aliphatic rings. The van der Waals surface area contributed by atoms with Gasteiger partial charge in [0.25, 0.3) is 0 Å². The fraction of sp³-hybridized carbons (Fsp3) is 0.222. The van der Waals surface area contributed by atoms with Gasteiger partial charge in [-0.1, -0.05) is 0 Å². The highest BCUT2D eigenvalue weighted by atomic mass is 16.4. The molecule has 4 N–H and O–H groups in total. The van der Waals surface area contributed by atoms with Gasteiger partial charge in [0.1, 0.15) is 17.1 Å². The van der Waals surface area contributed by atoms with E-state index in [1.807, 2.05) is 5.43 Å². The van der Waals surface area contributed by atoms with Crippen molar-refractivity contribution in [2.45, 2.75) is 13.8 Å². The van der Waals surface area contributed by atoms with E-state index >= 15 is 0 Å². The molecule has 0 fully saturated rings. The fourth-order valence-corrected chi connectivity index (χ4v) is 1.12. The summed E-state index contributed by atoms with van der Waals surface area (Å²) in [6.45, 7) is 2.95. The second-order valence-corrected chi connectivity index (χ2v) is 3.08. The lowest BCUT2D eigenvalue weighted by atomic mass is 10.2. The number of nitrogens with zero attached hydrogens (tertiary/aromatic N) is 1. The van der Waals surface area contributed by atoms with Crippen LogP contribution in [0.3, 0.4) is 0 Å². The van der Waals surface area contributed by atoms with E-state index in [0.29, 0.717) is 0 Å². The van der Waals surface area contributed by atoms with Gasteiger partial charge in [-0.15, -0.1) is 0 Å². The van der Waals surface area contributed by atoms with E-state index in [2.05, 4.69) is 5.10 Å². The van der Waals surface area contributed by atoms with E-state index in [1.54, 1.807) is 0 Å². The van der Waals surface area contributed by atoms with Crippen molar-refractivity contribution in [3.8, 4) is 5.75 Å². The van der Waals surface area contributed by atoms with Crippen LogP contribution in [0.2, 0.25) is 0 Å². The fourth-order valence-electron chi connectivity index (χ4n) is 1.12. The minimum absolute atomic E-state index is 0.102. The Morgan fingerprint density at radius 1 is 1.62 bits per heavy atom. The molecule has 0 aliphatic heterocycles. The number of urea groups is 1. The standard InChI is InChI=1S/C9H11N3O4/c1-4-3-6(13)7(8(14)16-4)5(2)11-12-9(10)15/h3,13H,1-2H3,(H3,10,12,15)/b11-5+. The predicted octanol–water partition coefficient (Wildman–Crippen LogP) is 0.0461. The van der Waals surface area contributed by atoms with Crippen molar-refractivity contribution in [1.82, 2.24) is 5.43 Å². The normalized spacial score (nSPS) is 11.2. The summed E-state index contributed by atoms with van der Waals surface area (Å²) in [6.07, 6.45) is 0. The van der Waals surface area contributed by atoms with E-state index in [0.717, 1.165) is 0 Å². The van der Waals surface area contributed by atoms with Gasteiger partial charge < -0.3 is 15.3 Å². The summed E-state index contributed by atoms with van der Waals surface area (Å²) < 4.78 is 4.78. The lowest BCUT2D eigenvalue weighted by molar-refractivity contribution is 0.249. The second kappa shape index (κ2) is 4.47. The van der Waals surface area contributed by atoms with Crippen LogP contribution in [-0.2, 0) is 0 Å². The molecule has 1 aromatic rings. The Morgan fingerprint density at radius 2 is 2.25 bits per heavy atom. The molecule has 1 rings (SSSR count). The smallest absolute Gasteiger partial charge is 0.348 e. The monoisotopic (exact) mass is 225 g/mol. The highest BCUT2D eigenvalue weighted by Crippen LogP contribution is 2.14. The number of aryl methyl sites for hydroxylation is 1. The molecule has 0 aromatic carbocycles. The first-order chi connectivity index (χ1) is 7.41. The molecule has 0 aliphatic carbocycles. The Morgan fingerprint density at radius 3 is 2.75 bits per heavy atom. The van der Waals surface area contributed by atoms with E-state index < -0.39 is 11.7 Å². The predicted molar refractivity (Wildman–Crippen MR) is 56.3 cm³/mol. The van der Waals surface area contributed by atoms with Crippen molar-refractivity contribution in [2.75, 3.05) is 0 Å². The number of nitrogens with two attached hydrogens (primary N) is 1. The molecule has 0 radical (unpaired) electrons. The van der Waals surface area contributed by atoms with Crippen LogP contribution in [0.25, 0.3) is 0 Å². The highest BCUT2D eigenvalue weighted by molar-refractivity contribution is 6.00. The van der Waals surface area contributed by atoms with Crippen molar-refractivity contribution in [1.29, 1.82) is 0 Å². The van der Waals surface area contributed by atoms with Crippen molar-refractivity contribution in [2.24, 2.45) is 10.8 Å². The summed E-state index contributed by atoms with van der Waals surface area (Å²) in [5.74, 6) is 0.0168. The van der Waals surface area contributed by atoms with Crippen LogP contribution in [0.1, 0.15) is 18.2 Å². The Bertz CT molecular complexity index is 504. The number of carbonyl (C=O) groups excluding carboxylic acids is 1. The van der Waals surface area contributed by atoms with E-state index in [9.17, 15) is 14.7 Å². The molecule has 16 heavy (non-hydrogen) atoms. The minimum atomic E-state index is -0.865. The summed E-state index contributed by atoms with van der Waals surface area (Å²) in [7, 11) is 0. The maximum absolute atomic E-state index is 11.4. The third-order valence-corrected chi connectivity index (χ3v) is 1.75. The average molecular weight is 225 g/mol. The van der Waals surface area contributed by atoms with Crippen LogP contribution >= 0.6 is 0 Å². The van der Waals surface area contributed by atoms with Crippen molar-refractivity contribution >= 4 is 11.7 Å². The van der Waals surface area contributed by atoms with Gasteiger partial charge in [0.05, 0.1) is 5.71 Å². The highest BCUT2D eigenvalue weighted by Gasteiger charge is 2.12. The summed E-state index contributed by atoms with van der Waals surface area (Å²) in [5.41, 5.74) is 6.00. The Labute approximate surface area is 90.6 Å². The lowest BCUT2D eigenvalue weighted by Crippen LogP contribution is -2.26. The van der Waals surface area contributed by atoms with Crippen LogP contribution in [0, 0.1) is 6.92 Å². The van der Waals surface area contributed by atoms with Crippen molar-refractivity contribution in [3.05, 3.63) is 27.8 Å². The Balaban J connectivity index is 3.18. The quantitative estimate of drug-likeness (QED) is 0.486. The van der Waals surface area contributed by atoms with E-state index in [-0.39, 0.29) is 22.8 Å². The van der Waals surface area contributed by atoms with E-state index in [4.69, 9.17) is 10.2 Å². The number of hydrogen-bond acceptors (Lipinski definition) is 5. The van der Waals surface area contributed by atoms with Crippen LogP contribution in [0.4, 0.5) is 4.79 Å². The molecule has 0 saturated carbocycles. The third-order valence-electron chi connectivity index (χ3n) is 1.75. The maximum Gasteiger partial charge on any atom is 0.348 e. The summed E-state index contributed by atoms with van der Waals surface area (Å²) in [4.78, 5) is 21.8. The first-order valence-corrected chi connectivity index (χ1v) is 4.35. The molecule has 1 aromatic heterocycles. The van der Waals surface area contributed by atoms with Crippen LogP contribution < -0.4 is 16.8 Å². The first-order valence-electron chi connectivity index (χ1n) is 4.35. The molecular formula is C9H11N3O4. The summed E-state index contributed by atoms with van der Waals surface area (Å²) >= 11 is 0. The molecule has 86 valence electrons. The molecule has 1 heterocycles. The Hall–Kier alpha value is -2.31. The number of hydrogen-bond donors (Lipinski definition) is 3. The number of amides is 2. The topological polar surface area (TPSA) is 118 Å². The van der Waals surface area contributed by atoms with Gasteiger partial charge in [0, 0.05) is 6.07 Å². The Kier molecular flexibility index (Phi) is 3.29. The van der Waals surface area contributed by atoms with Gasteiger partial charge in [-0.25, -0.2) is 15.0 Å². The van der Waals surface area contributed by atoms with Gasteiger partial charge >= 0.3 is 11.7 Å². The van der Waals surface area contributed by atoms with Crippen molar-refractivity contribution in [3.63, 3.8) is 0 Å². The zero-order valence-corrected chi connectivity index (χ0v) is 8.77. The first kappa shape index (κ1) is 11.8. The van der Waals surface area contributed by atoms with Crippen LogP contribution in [-0.4, -0.2) is 16.8 Å². The van der Waals surface area contributed by atoms with Gasteiger partial charge in [-0.3, -0.25) is 0 Å². The number of aromatic hydroxyl groups is 1. The molecule has 7 heteroatoms. The molecular weight excluding hydrogens is 214 g/mol. The second-order valence-electron chi connectivity index (χ2n) is 3.08. The van der Waals surface area contributed by atoms with Gasteiger partial charge in [-0.2, -0.15) is 5.10 Å². The number of rotatable bonds is 2. The summed E-state index contributed by atoms with van der Waals surface area (Å²) in [6, 6.07) is 0.412. The van der Waals surface area contributed by atoms with Gasteiger partial charge in [-0.05, 0) is 13.8 Å². The van der Waals surface area contributed by atoms with Crippen LogP contribution in [0.15, 0.2) is 20.4 Å². The number of hydrazone groups is 1.